The number of nitrogens with zero attached hydrogens (tertiary/aromatic N) is 1. The normalized spacial score (nSPS) is 25.1. The predicted octanol–water partition coefficient (Wildman–Crippen LogP) is 11.2. The van der Waals surface area contributed by atoms with Crippen molar-refractivity contribution in [2.75, 3.05) is 32.8 Å². The zero-order valence-corrected chi connectivity index (χ0v) is 77.8. The molecule has 15 rings (SSSR count). The molecule has 1 aliphatic carbocycles. The Morgan fingerprint density at radius 1 is 0.659 bits per heavy atom. The number of hydrogen-bond acceptors (Lipinski definition) is 27. The summed E-state index contributed by atoms with van der Waals surface area (Å²) in [5.74, 6) is -22.2. The van der Waals surface area contributed by atoms with Crippen LogP contribution in [0.3, 0.4) is 0 Å². The molecular formula is C98H114Cl2F3N7O28. The Morgan fingerprint density at radius 2 is 1.26 bits per heavy atom. The van der Waals surface area contributed by atoms with Crippen molar-refractivity contribution in [2.24, 2.45) is 23.5 Å². The molecule has 0 saturated carbocycles. The van der Waals surface area contributed by atoms with Crippen molar-refractivity contribution in [3.8, 4) is 68.2 Å². The number of benzene rings is 7. The number of amides is 6. The predicted molar refractivity (Wildman–Crippen MR) is 490 cm³/mol. The first-order valence-electron chi connectivity index (χ1n) is 45.6. The van der Waals surface area contributed by atoms with E-state index >= 15 is 24.0 Å². The van der Waals surface area contributed by atoms with E-state index in [9.17, 15) is 83.4 Å². The Hall–Kier alpha value is -11.8. The molecule has 18 N–H and O–H groups in total. The van der Waals surface area contributed by atoms with Crippen molar-refractivity contribution < 1.29 is 150 Å². The molecule has 35 nitrogen and oxygen atoms in total. The number of aromatic hydroxyl groups is 3. The minimum Gasteiger partial charge on any atom is -0.508 e. The van der Waals surface area contributed by atoms with Crippen LogP contribution in [0, 0.1) is 17.8 Å². The zero-order chi connectivity index (χ0) is 100. The average molecular weight is 1970 g/mol. The average Bonchev–Trinajstić information content (AvgIpc) is 1.71. The van der Waals surface area contributed by atoms with E-state index in [2.05, 4.69) is 33.5 Å². The number of carbonyl (C=O) groups is 10. The standard InChI is InChI=1S/C96H113Cl2N7O26.C2HF3O2/c1-7-9-10-11-12-13-14-19-31-105(95(124)125-46-63-58-22-17-15-20-56(58)57-21-16-18-23-59(57)63)32-30-100-96(6)44-76(126-48(5)88(96)117)130-87-85(116)84(115)74(45-106)129-94(87)131-86-72-38-53-39-73(86)128-71-29-26-52(36-65(71)98)83(114)81-92(121)102-79(93(122)123)62-41-55(107)42-67(109)77(62)61-34-50(24-27-66(61)108)60(91(120)104-81)43-69(111)78(53)101-90(119)54(40-75(99)112)37-68(110)80(103-89(118)49(8-2)33-47(3)4)82(113)51-25-28-70(127-72)64(97)35-51;3-2(4,5)1(6)7/h15-18,20-29,34-36,38-39,41-42,47-49,54,60,63,74,76,78-85,87-88,94,100,106-109,113-117H,7-14,19,30-33,37,40,43-46H2,1-6H3,(H2,99,112)(H,101,119)(H,102,121)(H,103,118)(H,104,120)(H,122,123);(H,6,7)/t48-,49+,54-,60?,74+,76-,78+,79-,80-,81-,82+,83+,84+,85-,87+,88+,94-,96-;/m0./s1. The Labute approximate surface area is 801 Å². The lowest BCUT2D eigenvalue weighted by Gasteiger charge is -2.48. The highest BCUT2D eigenvalue weighted by molar-refractivity contribution is 6.32. The second-order valence-electron chi connectivity index (χ2n) is 36.0. The van der Waals surface area contributed by atoms with Gasteiger partial charge >= 0.3 is 24.2 Å². The summed E-state index contributed by atoms with van der Waals surface area (Å²) in [4.78, 5) is 144. The summed E-state index contributed by atoms with van der Waals surface area (Å²) in [7, 11) is 0. The lowest BCUT2D eigenvalue weighted by atomic mass is 9.84. The molecule has 18 atom stereocenters. The molecule has 0 aromatic heterocycles. The summed E-state index contributed by atoms with van der Waals surface area (Å²) < 4.78 is 78.0. The number of aliphatic hydroxyl groups is 6. The van der Waals surface area contributed by atoms with Gasteiger partial charge in [0.2, 0.25) is 41.6 Å². The van der Waals surface area contributed by atoms with Crippen LogP contribution in [0.25, 0.3) is 22.3 Å². The molecule has 138 heavy (non-hydrogen) atoms. The maximum absolute atomic E-state index is 16.5. The van der Waals surface area contributed by atoms with Crippen molar-refractivity contribution in [1.82, 2.24) is 31.5 Å². The van der Waals surface area contributed by atoms with E-state index < -0.39 is 262 Å². The van der Waals surface area contributed by atoms with Crippen molar-refractivity contribution in [1.29, 1.82) is 0 Å². The fourth-order valence-corrected chi connectivity index (χ4v) is 18.7. The highest BCUT2D eigenvalue weighted by Crippen LogP contribution is 2.52. The number of hydrogen-bond donors (Lipinski definition) is 17. The smallest absolute Gasteiger partial charge is 0.490 e. The van der Waals surface area contributed by atoms with Gasteiger partial charge in [-0.3, -0.25) is 33.6 Å². The van der Waals surface area contributed by atoms with Crippen LogP contribution in [-0.2, 0) is 62.1 Å². The number of primary amides is 1. The molecule has 7 aliphatic heterocycles. The molecule has 0 spiro atoms. The second kappa shape index (κ2) is 45.9. The minimum absolute atomic E-state index is 0.0332. The van der Waals surface area contributed by atoms with Gasteiger partial charge in [0.15, 0.2) is 41.5 Å². The van der Waals surface area contributed by atoms with Gasteiger partial charge in [-0.1, -0.05) is 163 Å². The Kier molecular flexibility index (Phi) is 34.9. The topological polar surface area (TPSA) is 547 Å². The summed E-state index contributed by atoms with van der Waals surface area (Å²) >= 11 is 14.5. The number of ether oxygens (including phenoxy) is 7. The van der Waals surface area contributed by atoms with Crippen LogP contribution < -0.4 is 46.5 Å². The Morgan fingerprint density at radius 3 is 1.84 bits per heavy atom. The van der Waals surface area contributed by atoms with Gasteiger partial charge in [0.05, 0.1) is 40.7 Å². The van der Waals surface area contributed by atoms with E-state index in [1.165, 1.54) is 24.3 Å². The molecule has 6 amide bonds. The number of phenolic OH excluding ortho intramolecular Hbond substituents is 3. The van der Waals surface area contributed by atoms with E-state index in [1.807, 2.05) is 62.4 Å². The monoisotopic (exact) mass is 1960 g/mol. The molecule has 1 unspecified atom stereocenters. The maximum atomic E-state index is 16.5. The number of phenols is 3. The molecule has 7 aromatic rings. The zero-order valence-electron chi connectivity index (χ0n) is 76.3. The van der Waals surface area contributed by atoms with Gasteiger partial charge in [-0.15, -0.1) is 0 Å². The number of carboxylic acids is 2. The first kappa shape index (κ1) is 105. The molecule has 0 radical (unpaired) electrons. The molecular weight excluding hydrogens is 1850 g/mol. The van der Waals surface area contributed by atoms with Gasteiger partial charge in [0, 0.05) is 85.4 Å². The number of fused-ring (bicyclic) bond motifs is 18. The molecule has 2 fully saturated rings. The Bertz CT molecular complexity index is 5590. The third kappa shape index (κ3) is 24.7. The Balaban J connectivity index is 0.00000235. The van der Waals surface area contributed by atoms with Crippen LogP contribution in [0.5, 0.6) is 46.0 Å². The minimum atomic E-state index is -5.08. The largest absolute Gasteiger partial charge is 0.508 e. The summed E-state index contributed by atoms with van der Waals surface area (Å²) in [6.07, 6.45) is -18.0. The number of carboxylic acid groups (broad SMARTS) is 2. The number of ketones is 2. The fourth-order valence-electron chi connectivity index (χ4n) is 18.3. The van der Waals surface area contributed by atoms with Gasteiger partial charge in [0.1, 0.15) is 84.0 Å². The SMILES string of the molecule is CCCCCCCCCCN(CCN[C@@]1(C)C[C@H](O[C@H]2[C@H](Oc3c4cc5cc3Oc3ccc(cc3Cl)[C@@H](O)[C@@H](NC(=O)[C@H](CC)CC(C)C)C(=O)C[C@@H](CC(N)=O)C(=O)N[C@H]5C(=O)CC3C(=O)N[C@H](C(=O)N[C@H](C(=O)O)c5cc(O)cc(O)c5-c5cc3ccc5O)[C@H](O)c3ccc(c(Cl)c3)O4)O[C@H](CO)[C@@H](O)[C@@H]2O)O[C@@H](C)[C@H]1O)C(=O)OCC1c2ccccc2-c2ccccc21.O=C(O)C(F)(F)F. The molecule has 2 saturated heterocycles. The van der Waals surface area contributed by atoms with Crippen LogP contribution in [-0.4, -0.2) is 226 Å². The third-order valence-electron chi connectivity index (χ3n) is 25.6. The lowest BCUT2D eigenvalue weighted by molar-refractivity contribution is -0.334. The molecule has 744 valence electrons. The molecule has 40 heteroatoms. The van der Waals surface area contributed by atoms with Crippen molar-refractivity contribution in [3.05, 3.63) is 176 Å². The number of Topliss-reactive ketones (excluding diaryl/α,β-unsaturated/α-hetero) is 2. The quantitative estimate of drug-likeness (QED) is 0.0203. The van der Waals surface area contributed by atoms with Crippen LogP contribution >= 0.6 is 23.2 Å². The van der Waals surface area contributed by atoms with Gasteiger partial charge in [-0.05, 0) is 138 Å². The lowest BCUT2D eigenvalue weighted by Crippen LogP contribution is -2.66. The number of nitrogens with one attached hydrogen (secondary N) is 5. The van der Waals surface area contributed by atoms with E-state index in [1.54, 1.807) is 25.7 Å². The maximum Gasteiger partial charge on any atom is 0.490 e. The van der Waals surface area contributed by atoms with Crippen molar-refractivity contribution >= 4 is 82.3 Å². The van der Waals surface area contributed by atoms with Gasteiger partial charge in [-0.25, -0.2) is 14.4 Å². The second-order valence-corrected chi connectivity index (χ2v) is 36.8. The van der Waals surface area contributed by atoms with Crippen LogP contribution in [0.15, 0.2) is 127 Å². The summed E-state index contributed by atoms with van der Waals surface area (Å²) in [6, 6.07) is 21.7. The third-order valence-corrected chi connectivity index (χ3v) is 26.2. The van der Waals surface area contributed by atoms with Crippen LogP contribution in [0.1, 0.15) is 207 Å². The molecule has 7 aromatic carbocycles. The van der Waals surface area contributed by atoms with E-state index in [-0.39, 0.29) is 77.6 Å². The summed E-state index contributed by atoms with van der Waals surface area (Å²) in [5, 5.41) is 138. The van der Waals surface area contributed by atoms with E-state index in [0.29, 0.717) is 19.4 Å². The van der Waals surface area contributed by atoms with Crippen molar-refractivity contribution in [3.63, 3.8) is 0 Å². The van der Waals surface area contributed by atoms with Crippen LogP contribution in [0.4, 0.5) is 18.0 Å². The van der Waals surface area contributed by atoms with Gasteiger partial charge in [-0.2, -0.15) is 13.2 Å². The van der Waals surface area contributed by atoms with E-state index in [4.69, 9.17) is 72.0 Å². The first-order valence-corrected chi connectivity index (χ1v) is 46.4. The number of aliphatic hydroxyl groups excluding tert-OH is 6. The number of carbonyl (C=O) groups excluding carboxylic acids is 8. The van der Waals surface area contributed by atoms with E-state index in [0.717, 1.165) is 122 Å². The number of unbranched alkanes of at least 4 members (excludes halogenated alkanes) is 7. The fraction of sp³-hybridized carbons (Fsp3) is 0.469. The van der Waals surface area contributed by atoms with Gasteiger partial charge in [0.25, 0.3) is 0 Å². The molecule has 7 heterocycles. The van der Waals surface area contributed by atoms with Crippen LogP contribution in [0.2, 0.25) is 10.0 Å². The number of halogens is 5. The number of aliphatic carboxylic acids is 2. The van der Waals surface area contributed by atoms with Crippen molar-refractivity contribution in [2.45, 2.75) is 241 Å². The molecule has 8 aliphatic rings. The number of alkyl halides is 3. The highest BCUT2D eigenvalue weighted by Gasteiger charge is 2.53. The summed E-state index contributed by atoms with van der Waals surface area (Å²) in [5.41, 5.74) is 6.27. The highest BCUT2D eigenvalue weighted by atomic mass is 35.5. The van der Waals surface area contributed by atoms with Gasteiger partial charge < -0.3 is 127 Å². The molecule has 11 bridgehead atoms. The summed E-state index contributed by atoms with van der Waals surface area (Å²) in [6.45, 7) is 10.6. The number of rotatable bonds is 28. The number of nitrogens with two attached hydrogens (primary N) is 1. The first-order chi connectivity index (χ1) is 65.5.